The fraction of sp³-hybridized carbons (Fsp3) is 0.647. The molecule has 1 N–H and O–H groups in total. The van der Waals surface area contributed by atoms with Crippen LogP contribution in [0.25, 0.3) is 0 Å². The van der Waals surface area contributed by atoms with Gasteiger partial charge in [0.15, 0.2) is 0 Å². The van der Waals surface area contributed by atoms with Crippen molar-refractivity contribution in [3.8, 4) is 0 Å². The Kier molecular flexibility index (Phi) is 5.87. The van der Waals surface area contributed by atoms with E-state index in [1.165, 1.54) is 12.1 Å². The summed E-state index contributed by atoms with van der Waals surface area (Å²) in [6, 6.07) is 5.90. The van der Waals surface area contributed by atoms with E-state index in [1.807, 2.05) is 0 Å². The minimum atomic E-state index is -4.29. The van der Waals surface area contributed by atoms with Gasteiger partial charge in [-0.25, -0.2) is 0 Å². The first-order chi connectivity index (χ1) is 10.4. The Morgan fingerprint density at radius 2 is 1.73 bits per heavy atom. The highest BCUT2D eigenvalue weighted by Gasteiger charge is 2.36. The number of alkyl halides is 3. The van der Waals surface area contributed by atoms with Crippen molar-refractivity contribution in [2.75, 3.05) is 26.2 Å². The number of hydrogen-bond acceptors (Lipinski definition) is 2. The van der Waals surface area contributed by atoms with E-state index in [2.05, 4.69) is 24.1 Å². The maximum absolute atomic E-state index is 13.3. The van der Waals surface area contributed by atoms with Gasteiger partial charge in [-0.15, -0.1) is 0 Å². The summed E-state index contributed by atoms with van der Waals surface area (Å²) in [4.78, 5) is 2.20. The molecule has 1 heterocycles. The Labute approximate surface area is 130 Å². The molecule has 0 aromatic heterocycles. The van der Waals surface area contributed by atoms with Gasteiger partial charge in [0.1, 0.15) is 0 Å². The summed E-state index contributed by atoms with van der Waals surface area (Å²) >= 11 is 0. The molecule has 0 bridgehead atoms. The van der Waals surface area contributed by atoms with Crippen LogP contribution in [0.5, 0.6) is 0 Å². The smallest absolute Gasteiger partial charge is 0.314 e. The monoisotopic (exact) mass is 314 g/mol. The molecule has 1 aliphatic heterocycles. The molecule has 1 aromatic rings. The van der Waals surface area contributed by atoms with Crippen molar-refractivity contribution in [1.29, 1.82) is 0 Å². The summed E-state index contributed by atoms with van der Waals surface area (Å²) in [6.07, 6.45) is -2.59. The quantitative estimate of drug-likeness (QED) is 0.880. The molecule has 1 fully saturated rings. The van der Waals surface area contributed by atoms with Crippen molar-refractivity contribution in [3.63, 3.8) is 0 Å². The second kappa shape index (κ2) is 7.47. The minimum absolute atomic E-state index is 0.151. The van der Waals surface area contributed by atoms with E-state index in [1.54, 1.807) is 12.1 Å². The van der Waals surface area contributed by atoms with Crippen molar-refractivity contribution in [2.45, 2.75) is 38.9 Å². The van der Waals surface area contributed by atoms with E-state index in [0.29, 0.717) is 11.5 Å². The number of nitrogens with zero attached hydrogens (tertiary/aromatic N) is 1. The van der Waals surface area contributed by atoms with Crippen molar-refractivity contribution in [3.05, 3.63) is 35.4 Å². The molecule has 5 heteroatoms. The van der Waals surface area contributed by atoms with Gasteiger partial charge < -0.3 is 5.32 Å². The third kappa shape index (κ3) is 4.46. The standard InChI is InChI=1S/C17H25F3N2/c1-13(2)7-8-16(22-11-9-21-10-12-22)14-5-3-4-6-15(14)17(18,19)20/h3-6,13,16,21H,7-12H2,1-2H3/t16-/m1/s1. The molecule has 124 valence electrons. The third-order valence-electron chi connectivity index (χ3n) is 4.24. The zero-order chi connectivity index (χ0) is 16.2. The number of nitrogens with one attached hydrogen (secondary N) is 1. The number of piperazine rings is 1. The molecule has 0 spiro atoms. The van der Waals surface area contributed by atoms with Crippen LogP contribution < -0.4 is 5.32 Å². The van der Waals surface area contributed by atoms with Crippen LogP contribution in [-0.4, -0.2) is 31.1 Å². The lowest BCUT2D eigenvalue weighted by molar-refractivity contribution is -0.138. The summed E-state index contributed by atoms with van der Waals surface area (Å²) in [5.74, 6) is 0.489. The average Bonchev–Trinajstić information content (AvgIpc) is 2.48. The third-order valence-corrected chi connectivity index (χ3v) is 4.24. The van der Waals surface area contributed by atoms with Gasteiger partial charge in [0.05, 0.1) is 5.56 Å². The lowest BCUT2D eigenvalue weighted by Crippen LogP contribution is -2.45. The maximum Gasteiger partial charge on any atom is 0.416 e. The Hall–Kier alpha value is -1.07. The van der Waals surface area contributed by atoms with E-state index in [-0.39, 0.29) is 6.04 Å². The highest BCUT2D eigenvalue weighted by Crippen LogP contribution is 2.38. The zero-order valence-electron chi connectivity index (χ0n) is 13.3. The summed E-state index contributed by atoms with van der Waals surface area (Å²) < 4.78 is 40.0. The topological polar surface area (TPSA) is 15.3 Å². The van der Waals surface area contributed by atoms with Gasteiger partial charge in [-0.3, -0.25) is 4.90 Å². The SMILES string of the molecule is CC(C)CC[C@H](c1ccccc1C(F)(F)F)N1CCNCC1. The van der Waals surface area contributed by atoms with Crippen LogP contribution in [0.3, 0.4) is 0 Å². The van der Waals surface area contributed by atoms with Gasteiger partial charge in [0.2, 0.25) is 0 Å². The molecular weight excluding hydrogens is 289 g/mol. The number of benzene rings is 1. The van der Waals surface area contributed by atoms with Gasteiger partial charge in [-0.1, -0.05) is 32.0 Å². The normalized spacial score (nSPS) is 18.6. The first-order valence-corrected chi connectivity index (χ1v) is 8.00. The molecule has 2 rings (SSSR count). The Balaban J connectivity index is 2.31. The minimum Gasteiger partial charge on any atom is -0.314 e. The second-order valence-electron chi connectivity index (χ2n) is 6.36. The van der Waals surface area contributed by atoms with E-state index in [9.17, 15) is 13.2 Å². The van der Waals surface area contributed by atoms with Crippen LogP contribution in [0.4, 0.5) is 13.2 Å². The van der Waals surface area contributed by atoms with E-state index in [0.717, 1.165) is 39.0 Å². The fourth-order valence-electron chi connectivity index (χ4n) is 3.07. The summed E-state index contributed by atoms with van der Waals surface area (Å²) in [5, 5.41) is 3.27. The molecular formula is C17H25F3N2. The van der Waals surface area contributed by atoms with Crippen molar-refractivity contribution >= 4 is 0 Å². The molecule has 1 aromatic carbocycles. The highest BCUT2D eigenvalue weighted by molar-refractivity contribution is 5.32. The van der Waals surface area contributed by atoms with Crippen molar-refractivity contribution in [1.82, 2.24) is 10.2 Å². The maximum atomic E-state index is 13.3. The number of rotatable bonds is 5. The van der Waals surface area contributed by atoms with Crippen molar-refractivity contribution in [2.24, 2.45) is 5.92 Å². The van der Waals surface area contributed by atoms with Crippen LogP contribution in [0.2, 0.25) is 0 Å². The molecule has 2 nitrogen and oxygen atoms in total. The predicted octanol–water partition coefficient (Wildman–Crippen LogP) is 4.09. The number of hydrogen-bond donors (Lipinski definition) is 1. The molecule has 0 radical (unpaired) electrons. The largest absolute Gasteiger partial charge is 0.416 e. The fourth-order valence-corrected chi connectivity index (χ4v) is 3.07. The molecule has 22 heavy (non-hydrogen) atoms. The van der Waals surface area contributed by atoms with Gasteiger partial charge in [-0.2, -0.15) is 13.2 Å². The summed E-state index contributed by atoms with van der Waals surface area (Å²) in [6.45, 7) is 7.51. The van der Waals surface area contributed by atoms with Gasteiger partial charge in [0, 0.05) is 32.2 Å². The average molecular weight is 314 g/mol. The summed E-state index contributed by atoms with van der Waals surface area (Å²) in [5.41, 5.74) is -0.0557. The van der Waals surface area contributed by atoms with Crippen molar-refractivity contribution < 1.29 is 13.2 Å². The highest BCUT2D eigenvalue weighted by atomic mass is 19.4. The zero-order valence-corrected chi connectivity index (χ0v) is 13.3. The van der Waals surface area contributed by atoms with E-state index < -0.39 is 11.7 Å². The van der Waals surface area contributed by atoms with Crippen LogP contribution in [0.1, 0.15) is 43.9 Å². The molecule has 0 aliphatic carbocycles. The summed E-state index contributed by atoms with van der Waals surface area (Å²) in [7, 11) is 0. The van der Waals surface area contributed by atoms with Crippen LogP contribution in [-0.2, 0) is 6.18 Å². The predicted molar refractivity (Wildman–Crippen MR) is 82.7 cm³/mol. The molecule has 1 atom stereocenters. The molecule has 1 saturated heterocycles. The van der Waals surface area contributed by atoms with Crippen LogP contribution >= 0.6 is 0 Å². The lowest BCUT2D eigenvalue weighted by atomic mass is 9.92. The van der Waals surface area contributed by atoms with Crippen LogP contribution in [0.15, 0.2) is 24.3 Å². The Morgan fingerprint density at radius 1 is 1.09 bits per heavy atom. The lowest BCUT2D eigenvalue weighted by Gasteiger charge is -2.36. The molecule has 0 saturated carbocycles. The molecule has 0 amide bonds. The Bertz CT molecular complexity index is 465. The molecule has 0 unspecified atom stereocenters. The van der Waals surface area contributed by atoms with Gasteiger partial charge in [-0.05, 0) is 30.4 Å². The first kappa shape index (κ1) is 17.3. The van der Waals surface area contributed by atoms with Gasteiger partial charge in [0.25, 0.3) is 0 Å². The molecule has 1 aliphatic rings. The van der Waals surface area contributed by atoms with Gasteiger partial charge >= 0.3 is 6.18 Å². The van der Waals surface area contributed by atoms with E-state index in [4.69, 9.17) is 0 Å². The second-order valence-corrected chi connectivity index (χ2v) is 6.36. The number of halogens is 3. The van der Waals surface area contributed by atoms with E-state index >= 15 is 0 Å². The Morgan fingerprint density at radius 3 is 2.32 bits per heavy atom. The van der Waals surface area contributed by atoms with Crippen LogP contribution in [0, 0.1) is 5.92 Å². The first-order valence-electron chi connectivity index (χ1n) is 8.00.